The first-order valence-electron chi connectivity index (χ1n) is 6.00. The van der Waals surface area contributed by atoms with Crippen molar-refractivity contribution in [1.29, 1.82) is 0 Å². The summed E-state index contributed by atoms with van der Waals surface area (Å²) in [7, 11) is 0. The highest BCUT2D eigenvalue weighted by Gasteiger charge is 2.20. The second-order valence-electron chi connectivity index (χ2n) is 4.12. The molecule has 2 rings (SSSR count). The molecule has 0 saturated carbocycles. The molecule has 3 N–H and O–H groups in total. The van der Waals surface area contributed by atoms with E-state index in [1.165, 1.54) is 4.88 Å². The Balaban J connectivity index is 2.26. The van der Waals surface area contributed by atoms with Crippen LogP contribution in [-0.4, -0.2) is 5.91 Å². The van der Waals surface area contributed by atoms with Gasteiger partial charge in [-0.3, -0.25) is 4.79 Å². The van der Waals surface area contributed by atoms with Crippen LogP contribution in [0.15, 0.2) is 40.9 Å². The van der Waals surface area contributed by atoms with E-state index in [0.717, 1.165) is 21.5 Å². The first-order chi connectivity index (χ1) is 9.11. The smallest absolute Gasteiger partial charge is 0.245 e. The number of carbonyl (C=O) groups excluding carboxylic acids is 1. The van der Waals surface area contributed by atoms with Gasteiger partial charge >= 0.3 is 0 Å². The number of nitrogens with one attached hydrogen (secondary N) is 1. The quantitative estimate of drug-likeness (QED) is 0.872. The molecule has 0 radical (unpaired) electrons. The molecular weight excluding hydrogens is 324 g/mol. The molecule has 1 heterocycles. The highest BCUT2D eigenvalue weighted by atomic mass is 79.9. The molecule has 1 unspecified atom stereocenters. The molecule has 0 aliphatic rings. The van der Waals surface area contributed by atoms with Crippen molar-refractivity contribution >= 4 is 38.9 Å². The van der Waals surface area contributed by atoms with E-state index in [4.69, 9.17) is 5.73 Å². The number of para-hydroxylation sites is 1. The van der Waals surface area contributed by atoms with Crippen LogP contribution >= 0.6 is 27.3 Å². The maximum Gasteiger partial charge on any atom is 0.245 e. The number of hydrogen-bond donors (Lipinski definition) is 2. The van der Waals surface area contributed by atoms with Crippen LogP contribution in [0.4, 0.5) is 5.69 Å². The summed E-state index contributed by atoms with van der Waals surface area (Å²) < 4.78 is 0.911. The number of amides is 1. The normalized spacial score (nSPS) is 12.1. The lowest BCUT2D eigenvalue weighted by Gasteiger charge is -2.16. The predicted molar refractivity (Wildman–Crippen MR) is 83.4 cm³/mol. The molecule has 0 saturated heterocycles. The summed E-state index contributed by atoms with van der Waals surface area (Å²) >= 11 is 5.07. The van der Waals surface area contributed by atoms with E-state index in [1.54, 1.807) is 11.3 Å². The maximum absolute atomic E-state index is 11.7. The average molecular weight is 339 g/mol. The Morgan fingerprint density at radius 1 is 1.37 bits per heavy atom. The minimum atomic E-state index is -0.496. The van der Waals surface area contributed by atoms with E-state index in [0.29, 0.717) is 0 Å². The van der Waals surface area contributed by atoms with Gasteiger partial charge in [0.15, 0.2) is 0 Å². The molecule has 100 valence electrons. The molecule has 1 aromatic heterocycles. The second kappa shape index (κ2) is 6.21. The van der Waals surface area contributed by atoms with E-state index in [2.05, 4.69) is 28.2 Å². The third-order valence-corrected chi connectivity index (χ3v) is 4.76. The Kier molecular flexibility index (Phi) is 4.61. The van der Waals surface area contributed by atoms with Crippen LogP contribution < -0.4 is 11.1 Å². The molecule has 1 atom stereocenters. The molecule has 2 aromatic rings. The van der Waals surface area contributed by atoms with E-state index >= 15 is 0 Å². The predicted octanol–water partition coefficient (Wildman–Crippen LogP) is 3.71. The van der Waals surface area contributed by atoms with Gasteiger partial charge in [0.2, 0.25) is 5.91 Å². The van der Waals surface area contributed by atoms with Crippen molar-refractivity contribution in [3.8, 4) is 0 Å². The van der Waals surface area contributed by atoms with Crippen molar-refractivity contribution in [3.05, 3.63) is 50.6 Å². The van der Waals surface area contributed by atoms with Gasteiger partial charge in [0.1, 0.15) is 6.04 Å². The summed E-state index contributed by atoms with van der Waals surface area (Å²) in [4.78, 5) is 13.9. The molecule has 0 aliphatic carbocycles. The van der Waals surface area contributed by atoms with E-state index in [1.807, 2.05) is 36.4 Å². The van der Waals surface area contributed by atoms with Crippen LogP contribution in [0.1, 0.15) is 22.7 Å². The summed E-state index contributed by atoms with van der Waals surface area (Å²) in [5.41, 5.74) is 6.37. The molecule has 0 spiro atoms. The topological polar surface area (TPSA) is 55.1 Å². The van der Waals surface area contributed by atoms with Crippen molar-refractivity contribution < 1.29 is 4.79 Å². The van der Waals surface area contributed by atoms with Crippen molar-refractivity contribution in [3.63, 3.8) is 0 Å². The van der Waals surface area contributed by atoms with Crippen LogP contribution in [0, 0.1) is 0 Å². The van der Waals surface area contributed by atoms with Gasteiger partial charge in [-0.2, -0.15) is 0 Å². The standard InChI is InChI=1S/C14H15BrN2OS/c1-2-9-7-8-12(19-9)13(14(16)18)17-11-6-4-3-5-10(11)15/h3-8,13,17H,2H2,1H3,(H2,16,18). The van der Waals surface area contributed by atoms with Crippen molar-refractivity contribution in [1.82, 2.24) is 0 Å². The molecule has 0 aliphatic heterocycles. The third kappa shape index (κ3) is 3.36. The average Bonchev–Trinajstić information content (AvgIpc) is 2.86. The van der Waals surface area contributed by atoms with E-state index < -0.39 is 6.04 Å². The molecule has 1 amide bonds. The van der Waals surface area contributed by atoms with Gasteiger partial charge in [0.05, 0.1) is 0 Å². The number of carbonyl (C=O) groups is 1. The van der Waals surface area contributed by atoms with Crippen molar-refractivity contribution in [2.75, 3.05) is 5.32 Å². The zero-order valence-corrected chi connectivity index (χ0v) is 12.9. The monoisotopic (exact) mass is 338 g/mol. The zero-order valence-electron chi connectivity index (χ0n) is 10.5. The van der Waals surface area contributed by atoms with Gasteiger partial charge < -0.3 is 11.1 Å². The van der Waals surface area contributed by atoms with E-state index in [-0.39, 0.29) is 5.91 Å². The Morgan fingerprint density at radius 3 is 2.68 bits per heavy atom. The lowest BCUT2D eigenvalue weighted by molar-refractivity contribution is -0.118. The fraction of sp³-hybridized carbons (Fsp3) is 0.214. The number of nitrogens with two attached hydrogens (primary N) is 1. The highest BCUT2D eigenvalue weighted by Crippen LogP contribution is 2.29. The number of anilines is 1. The van der Waals surface area contributed by atoms with Gasteiger partial charge in [-0.15, -0.1) is 11.3 Å². The van der Waals surface area contributed by atoms with E-state index in [9.17, 15) is 4.79 Å². The molecule has 3 nitrogen and oxygen atoms in total. The first-order valence-corrected chi connectivity index (χ1v) is 7.61. The number of benzene rings is 1. The molecule has 5 heteroatoms. The fourth-order valence-corrected chi connectivity index (χ4v) is 3.17. The summed E-state index contributed by atoms with van der Waals surface area (Å²) in [5, 5.41) is 3.19. The summed E-state index contributed by atoms with van der Waals surface area (Å²) in [6.45, 7) is 2.09. The fourth-order valence-electron chi connectivity index (χ4n) is 1.76. The van der Waals surface area contributed by atoms with Crippen LogP contribution in [0.5, 0.6) is 0 Å². The van der Waals surface area contributed by atoms with Crippen LogP contribution in [0.2, 0.25) is 0 Å². The van der Waals surface area contributed by atoms with Crippen molar-refractivity contribution in [2.24, 2.45) is 5.73 Å². The van der Waals surface area contributed by atoms with Crippen LogP contribution in [0.25, 0.3) is 0 Å². The number of halogens is 1. The van der Waals surface area contributed by atoms with Gasteiger partial charge in [-0.25, -0.2) is 0 Å². The van der Waals surface area contributed by atoms with Crippen LogP contribution in [-0.2, 0) is 11.2 Å². The number of thiophene rings is 1. The van der Waals surface area contributed by atoms with Gasteiger partial charge in [0, 0.05) is 19.9 Å². The number of hydrogen-bond acceptors (Lipinski definition) is 3. The second-order valence-corrected chi connectivity index (χ2v) is 6.17. The minimum Gasteiger partial charge on any atom is -0.369 e. The van der Waals surface area contributed by atoms with Gasteiger partial charge in [-0.05, 0) is 46.6 Å². The Morgan fingerprint density at radius 2 is 2.11 bits per heavy atom. The van der Waals surface area contributed by atoms with Crippen LogP contribution in [0.3, 0.4) is 0 Å². The molecule has 0 fully saturated rings. The molecule has 1 aromatic carbocycles. The summed E-state index contributed by atoms with van der Waals surface area (Å²) in [6, 6.07) is 11.2. The Labute approximate surface area is 125 Å². The Bertz CT molecular complexity index is 582. The first kappa shape index (κ1) is 14.1. The summed E-state index contributed by atoms with van der Waals surface area (Å²) in [5.74, 6) is -0.375. The molecule has 19 heavy (non-hydrogen) atoms. The Hall–Kier alpha value is -1.33. The maximum atomic E-state index is 11.7. The molecular formula is C14H15BrN2OS. The number of rotatable bonds is 5. The zero-order chi connectivity index (χ0) is 13.8. The minimum absolute atomic E-state index is 0.375. The largest absolute Gasteiger partial charge is 0.369 e. The van der Waals surface area contributed by atoms with Gasteiger partial charge in [-0.1, -0.05) is 19.1 Å². The highest BCUT2D eigenvalue weighted by molar-refractivity contribution is 9.10. The van der Waals surface area contributed by atoms with Crippen molar-refractivity contribution in [2.45, 2.75) is 19.4 Å². The van der Waals surface area contributed by atoms with Gasteiger partial charge in [0.25, 0.3) is 0 Å². The third-order valence-electron chi connectivity index (χ3n) is 2.77. The lowest BCUT2D eigenvalue weighted by Crippen LogP contribution is -2.27. The molecule has 0 bridgehead atoms. The SMILES string of the molecule is CCc1ccc(C(Nc2ccccc2Br)C(N)=O)s1. The lowest BCUT2D eigenvalue weighted by atomic mass is 10.2. The summed E-state index contributed by atoms with van der Waals surface area (Å²) in [6.07, 6.45) is 0.963. The number of primary amides is 1. The number of aryl methyl sites for hydroxylation is 1.